The number of hydrogen-bond donors (Lipinski definition) is 3. The molecule has 3 N–H and O–H groups in total. The Morgan fingerprint density at radius 2 is 2.28 bits per heavy atom. The zero-order valence-corrected chi connectivity index (χ0v) is 9.95. The number of halogens is 1. The molecule has 0 saturated carbocycles. The van der Waals surface area contributed by atoms with Gasteiger partial charge in [0.2, 0.25) is 0 Å². The van der Waals surface area contributed by atoms with E-state index in [0.29, 0.717) is 17.9 Å². The maximum absolute atomic E-state index is 13.4. The fourth-order valence-corrected chi connectivity index (χ4v) is 2.37. The second kappa shape index (κ2) is 5.35. The summed E-state index contributed by atoms with van der Waals surface area (Å²) in [5.74, 6) is -2.57. The van der Waals surface area contributed by atoms with Gasteiger partial charge in [-0.25, -0.2) is 9.18 Å². The average Bonchev–Trinajstić information content (AvgIpc) is 2.34. The molecule has 1 heterocycles. The molecule has 1 aromatic rings. The predicted molar refractivity (Wildman–Crippen MR) is 64.3 cm³/mol. The summed E-state index contributed by atoms with van der Waals surface area (Å²) >= 11 is 0. The van der Waals surface area contributed by atoms with Crippen LogP contribution in [0.4, 0.5) is 4.39 Å². The van der Waals surface area contributed by atoms with Gasteiger partial charge in [-0.05, 0) is 56.0 Å². The molecule has 0 amide bonds. The molecule has 1 aromatic carbocycles. The van der Waals surface area contributed by atoms with Gasteiger partial charge < -0.3 is 15.5 Å². The third-order valence-corrected chi connectivity index (χ3v) is 3.28. The van der Waals surface area contributed by atoms with E-state index in [9.17, 15) is 14.3 Å². The summed E-state index contributed by atoms with van der Waals surface area (Å²) < 4.78 is 13.4. The summed E-state index contributed by atoms with van der Waals surface area (Å²) in [6, 6.07) is 2.58. The van der Waals surface area contributed by atoms with Gasteiger partial charge in [0.05, 0.1) is 0 Å². The van der Waals surface area contributed by atoms with E-state index in [1.165, 1.54) is 12.1 Å². The lowest BCUT2D eigenvalue weighted by Gasteiger charge is -2.22. The minimum absolute atomic E-state index is 0.367. The van der Waals surface area contributed by atoms with Gasteiger partial charge in [-0.3, -0.25) is 0 Å². The fourth-order valence-electron chi connectivity index (χ4n) is 2.37. The van der Waals surface area contributed by atoms with Crippen LogP contribution in [0.2, 0.25) is 0 Å². The van der Waals surface area contributed by atoms with Crippen LogP contribution in [0.3, 0.4) is 0 Å². The summed E-state index contributed by atoms with van der Waals surface area (Å²) in [6.45, 7) is 1.87. The van der Waals surface area contributed by atoms with Crippen molar-refractivity contribution in [2.45, 2.75) is 19.3 Å². The summed E-state index contributed by atoms with van der Waals surface area (Å²) in [7, 11) is 0. The molecule has 2 rings (SSSR count). The number of carbonyl (C=O) groups is 1. The minimum atomic E-state index is -1.31. The van der Waals surface area contributed by atoms with Crippen molar-refractivity contribution in [3.63, 3.8) is 0 Å². The highest BCUT2D eigenvalue weighted by Gasteiger charge is 2.18. The van der Waals surface area contributed by atoms with Crippen molar-refractivity contribution >= 4 is 5.97 Å². The third-order valence-electron chi connectivity index (χ3n) is 3.28. The van der Waals surface area contributed by atoms with Crippen molar-refractivity contribution in [2.24, 2.45) is 5.92 Å². The third kappa shape index (κ3) is 2.79. The van der Waals surface area contributed by atoms with Gasteiger partial charge in [0.1, 0.15) is 5.56 Å². The molecule has 0 radical (unpaired) electrons. The van der Waals surface area contributed by atoms with E-state index >= 15 is 0 Å². The van der Waals surface area contributed by atoms with E-state index in [1.807, 2.05) is 0 Å². The number of carboxylic acids is 1. The van der Waals surface area contributed by atoms with E-state index in [4.69, 9.17) is 5.11 Å². The number of hydrogen-bond acceptors (Lipinski definition) is 3. The quantitative estimate of drug-likeness (QED) is 0.768. The van der Waals surface area contributed by atoms with E-state index in [2.05, 4.69) is 5.32 Å². The highest BCUT2D eigenvalue weighted by Crippen LogP contribution is 2.25. The van der Waals surface area contributed by atoms with Crippen LogP contribution in [0, 0.1) is 11.7 Å². The number of aromatic hydroxyl groups is 1. The number of rotatable bonds is 3. The maximum atomic E-state index is 13.4. The Bertz CT molecular complexity index is 456. The van der Waals surface area contributed by atoms with Gasteiger partial charge in [-0.15, -0.1) is 0 Å². The fraction of sp³-hybridized carbons (Fsp3) is 0.462. The maximum Gasteiger partial charge on any atom is 0.339 e. The first-order chi connectivity index (χ1) is 8.58. The van der Waals surface area contributed by atoms with Crippen LogP contribution in [0.1, 0.15) is 28.8 Å². The first-order valence-corrected chi connectivity index (χ1v) is 6.03. The van der Waals surface area contributed by atoms with Crippen LogP contribution < -0.4 is 5.32 Å². The molecule has 1 aliphatic rings. The number of aromatic carboxylic acids is 1. The molecule has 98 valence electrons. The molecule has 0 aromatic heterocycles. The summed E-state index contributed by atoms with van der Waals surface area (Å²) in [6.07, 6.45) is 2.76. The van der Waals surface area contributed by atoms with Gasteiger partial charge in [-0.2, -0.15) is 0 Å². The Kier molecular flexibility index (Phi) is 3.81. The van der Waals surface area contributed by atoms with Gasteiger partial charge in [0.25, 0.3) is 0 Å². The van der Waals surface area contributed by atoms with Crippen LogP contribution in [-0.4, -0.2) is 29.3 Å². The first kappa shape index (κ1) is 12.8. The monoisotopic (exact) mass is 253 g/mol. The SMILES string of the molecule is O=C(O)c1cc(CC2CCCNC2)cc(F)c1O. The molecule has 1 aliphatic heterocycles. The van der Waals surface area contributed by atoms with Crippen molar-refractivity contribution in [2.75, 3.05) is 13.1 Å². The normalized spacial score (nSPS) is 19.7. The number of piperidine rings is 1. The van der Waals surface area contributed by atoms with Gasteiger partial charge in [0.15, 0.2) is 11.6 Å². The van der Waals surface area contributed by atoms with Crippen molar-refractivity contribution in [1.82, 2.24) is 5.32 Å². The zero-order valence-electron chi connectivity index (χ0n) is 9.95. The van der Waals surface area contributed by atoms with Crippen LogP contribution >= 0.6 is 0 Å². The molecular formula is C13H16FNO3. The Morgan fingerprint density at radius 3 is 2.89 bits per heavy atom. The minimum Gasteiger partial charge on any atom is -0.504 e. The van der Waals surface area contributed by atoms with Crippen LogP contribution in [-0.2, 0) is 6.42 Å². The molecular weight excluding hydrogens is 237 g/mol. The zero-order chi connectivity index (χ0) is 13.1. The Morgan fingerprint density at radius 1 is 1.50 bits per heavy atom. The molecule has 0 spiro atoms. The van der Waals surface area contributed by atoms with E-state index in [1.54, 1.807) is 0 Å². The number of carboxylic acid groups (broad SMARTS) is 1. The summed E-state index contributed by atoms with van der Waals surface area (Å²) in [5, 5.41) is 21.5. The molecule has 1 saturated heterocycles. The molecule has 5 heteroatoms. The molecule has 1 atom stereocenters. The number of benzene rings is 1. The van der Waals surface area contributed by atoms with Crippen molar-refractivity contribution in [3.05, 3.63) is 29.1 Å². The molecule has 1 fully saturated rings. The van der Waals surface area contributed by atoms with Crippen molar-refractivity contribution in [3.8, 4) is 5.75 Å². The lowest BCUT2D eigenvalue weighted by Crippen LogP contribution is -2.30. The average molecular weight is 253 g/mol. The highest BCUT2D eigenvalue weighted by atomic mass is 19.1. The standard InChI is InChI=1S/C13H16FNO3/c14-11-6-9(4-8-2-1-3-15-7-8)5-10(12(11)16)13(17)18/h5-6,8,15-16H,1-4,7H2,(H,17,18). The van der Waals surface area contributed by atoms with Gasteiger partial charge in [0, 0.05) is 0 Å². The predicted octanol–water partition coefficient (Wildman–Crippen LogP) is 1.77. The molecule has 0 bridgehead atoms. The smallest absolute Gasteiger partial charge is 0.339 e. The Labute approximate surface area is 104 Å². The number of nitrogens with one attached hydrogen (secondary N) is 1. The topological polar surface area (TPSA) is 69.6 Å². The van der Waals surface area contributed by atoms with Crippen LogP contribution in [0.5, 0.6) is 5.75 Å². The Hall–Kier alpha value is -1.62. The molecule has 1 unspecified atom stereocenters. The van der Waals surface area contributed by atoms with E-state index in [0.717, 1.165) is 25.9 Å². The first-order valence-electron chi connectivity index (χ1n) is 6.03. The lowest BCUT2D eigenvalue weighted by molar-refractivity contribution is 0.0692. The largest absolute Gasteiger partial charge is 0.504 e. The second-order valence-corrected chi connectivity index (χ2v) is 4.70. The summed E-state index contributed by atoms with van der Waals surface area (Å²) in [5.41, 5.74) is 0.255. The van der Waals surface area contributed by atoms with E-state index in [-0.39, 0.29) is 5.56 Å². The second-order valence-electron chi connectivity index (χ2n) is 4.70. The molecule has 4 nitrogen and oxygen atoms in total. The van der Waals surface area contributed by atoms with Crippen molar-refractivity contribution < 1.29 is 19.4 Å². The summed E-state index contributed by atoms with van der Waals surface area (Å²) in [4.78, 5) is 10.9. The molecule has 0 aliphatic carbocycles. The van der Waals surface area contributed by atoms with E-state index < -0.39 is 17.5 Å². The van der Waals surface area contributed by atoms with Crippen molar-refractivity contribution in [1.29, 1.82) is 0 Å². The Balaban J connectivity index is 2.20. The molecule has 18 heavy (non-hydrogen) atoms. The van der Waals surface area contributed by atoms with Gasteiger partial charge >= 0.3 is 5.97 Å². The lowest BCUT2D eigenvalue weighted by atomic mass is 9.91. The van der Waals surface area contributed by atoms with Crippen LogP contribution in [0.25, 0.3) is 0 Å². The highest BCUT2D eigenvalue weighted by molar-refractivity contribution is 5.91. The van der Waals surface area contributed by atoms with Gasteiger partial charge in [-0.1, -0.05) is 0 Å². The number of phenols is 1. The van der Waals surface area contributed by atoms with Crippen LogP contribution in [0.15, 0.2) is 12.1 Å².